The molecule has 2 atom stereocenters. The van der Waals surface area contributed by atoms with Gasteiger partial charge in [-0.15, -0.1) is 0 Å². The summed E-state index contributed by atoms with van der Waals surface area (Å²) in [5, 5.41) is 0. The van der Waals surface area contributed by atoms with Gasteiger partial charge in [-0.05, 0) is 23.5 Å². The van der Waals surface area contributed by atoms with Gasteiger partial charge in [0.05, 0.1) is 0 Å². The highest BCUT2D eigenvalue weighted by Crippen LogP contribution is 2.20. The van der Waals surface area contributed by atoms with Gasteiger partial charge in [-0.1, -0.05) is 38.1 Å². The van der Waals surface area contributed by atoms with Gasteiger partial charge in [0.25, 0.3) is 0 Å². The molecule has 0 aromatic heterocycles. The van der Waals surface area contributed by atoms with Crippen LogP contribution in [-0.2, 0) is 4.74 Å². The Labute approximate surface area is 86.1 Å². The predicted octanol–water partition coefficient (Wildman–Crippen LogP) is 2.80. The van der Waals surface area contributed by atoms with Gasteiger partial charge in [0.15, 0.2) is 0 Å². The fourth-order valence-electron chi connectivity index (χ4n) is 1.39. The molecule has 78 valence electrons. The van der Waals surface area contributed by atoms with Crippen LogP contribution in [0.25, 0.3) is 0 Å². The van der Waals surface area contributed by atoms with E-state index >= 15 is 0 Å². The maximum atomic E-state index is 5.73. The summed E-state index contributed by atoms with van der Waals surface area (Å²) in [4.78, 5) is 0. The molecule has 2 unspecified atom stereocenters. The summed E-state index contributed by atoms with van der Waals surface area (Å²) in [6, 6.07) is 8.33. The van der Waals surface area contributed by atoms with E-state index in [0.717, 1.165) is 12.0 Å². The van der Waals surface area contributed by atoms with Crippen molar-refractivity contribution in [2.75, 3.05) is 7.11 Å². The predicted molar refractivity (Wildman–Crippen MR) is 59.1 cm³/mol. The SMILES string of the molecule is CCC(C)c1ccc(C(N)OC)cc1. The standard InChI is InChI=1S/C12H19NO/c1-4-9(2)10-5-7-11(8-6-10)12(13)14-3/h5-9,12H,4,13H2,1-3H3. The van der Waals surface area contributed by atoms with Crippen molar-refractivity contribution in [1.29, 1.82) is 0 Å². The van der Waals surface area contributed by atoms with Crippen molar-refractivity contribution in [2.45, 2.75) is 32.4 Å². The third-order valence-corrected chi connectivity index (χ3v) is 2.70. The number of hydrogen-bond acceptors (Lipinski definition) is 2. The lowest BCUT2D eigenvalue weighted by molar-refractivity contribution is 0.109. The Morgan fingerprint density at radius 1 is 1.21 bits per heavy atom. The quantitative estimate of drug-likeness (QED) is 0.746. The van der Waals surface area contributed by atoms with Crippen molar-refractivity contribution >= 4 is 0 Å². The first-order valence-electron chi connectivity index (χ1n) is 5.07. The smallest absolute Gasteiger partial charge is 0.131 e. The molecule has 0 amide bonds. The summed E-state index contributed by atoms with van der Waals surface area (Å²) < 4.78 is 5.04. The van der Waals surface area contributed by atoms with E-state index in [9.17, 15) is 0 Å². The van der Waals surface area contributed by atoms with Crippen molar-refractivity contribution < 1.29 is 4.74 Å². The first-order chi connectivity index (χ1) is 6.69. The van der Waals surface area contributed by atoms with Crippen LogP contribution >= 0.6 is 0 Å². The van der Waals surface area contributed by atoms with Gasteiger partial charge in [-0.25, -0.2) is 0 Å². The van der Waals surface area contributed by atoms with Crippen LogP contribution in [0.2, 0.25) is 0 Å². The number of methoxy groups -OCH3 is 1. The van der Waals surface area contributed by atoms with Crippen LogP contribution in [0, 0.1) is 0 Å². The van der Waals surface area contributed by atoms with Crippen molar-refractivity contribution in [3.05, 3.63) is 35.4 Å². The topological polar surface area (TPSA) is 35.2 Å². The molecule has 0 aliphatic heterocycles. The molecule has 2 nitrogen and oxygen atoms in total. The Morgan fingerprint density at radius 2 is 1.71 bits per heavy atom. The molecule has 0 aliphatic carbocycles. The molecule has 1 aromatic rings. The summed E-state index contributed by atoms with van der Waals surface area (Å²) in [5.74, 6) is 0.614. The van der Waals surface area contributed by atoms with E-state index in [1.165, 1.54) is 5.56 Å². The van der Waals surface area contributed by atoms with Gasteiger partial charge in [-0.2, -0.15) is 0 Å². The molecule has 14 heavy (non-hydrogen) atoms. The molecule has 0 heterocycles. The normalized spacial score (nSPS) is 15.1. The lowest BCUT2D eigenvalue weighted by atomic mass is 9.97. The Kier molecular flexibility index (Phi) is 4.11. The van der Waals surface area contributed by atoms with Crippen molar-refractivity contribution in [3.8, 4) is 0 Å². The maximum absolute atomic E-state index is 5.73. The van der Waals surface area contributed by atoms with Gasteiger partial charge in [0.1, 0.15) is 6.23 Å². The van der Waals surface area contributed by atoms with E-state index in [0.29, 0.717) is 5.92 Å². The van der Waals surface area contributed by atoms with Gasteiger partial charge in [0.2, 0.25) is 0 Å². The third-order valence-electron chi connectivity index (χ3n) is 2.70. The highest BCUT2D eigenvalue weighted by Gasteiger charge is 2.05. The zero-order chi connectivity index (χ0) is 10.6. The molecule has 1 rings (SSSR count). The van der Waals surface area contributed by atoms with Crippen LogP contribution in [-0.4, -0.2) is 7.11 Å². The van der Waals surface area contributed by atoms with Crippen molar-refractivity contribution in [1.82, 2.24) is 0 Å². The van der Waals surface area contributed by atoms with Crippen LogP contribution < -0.4 is 5.73 Å². The summed E-state index contributed by atoms with van der Waals surface area (Å²) in [6.45, 7) is 4.42. The summed E-state index contributed by atoms with van der Waals surface area (Å²) >= 11 is 0. The highest BCUT2D eigenvalue weighted by molar-refractivity contribution is 5.26. The van der Waals surface area contributed by atoms with Crippen LogP contribution in [0.5, 0.6) is 0 Å². The average Bonchev–Trinajstić information content (AvgIpc) is 2.27. The van der Waals surface area contributed by atoms with E-state index < -0.39 is 0 Å². The van der Waals surface area contributed by atoms with Gasteiger partial charge >= 0.3 is 0 Å². The molecule has 0 fully saturated rings. The fraction of sp³-hybridized carbons (Fsp3) is 0.500. The molecule has 2 N–H and O–H groups in total. The minimum Gasteiger partial charge on any atom is -0.363 e. The molecule has 0 bridgehead atoms. The van der Waals surface area contributed by atoms with Crippen molar-refractivity contribution in [2.24, 2.45) is 5.73 Å². The number of benzene rings is 1. The number of nitrogens with two attached hydrogens (primary N) is 1. The zero-order valence-corrected chi connectivity index (χ0v) is 9.16. The minimum absolute atomic E-state index is 0.305. The summed E-state index contributed by atoms with van der Waals surface area (Å²) in [5.41, 5.74) is 8.12. The molecule has 0 aliphatic rings. The lowest BCUT2D eigenvalue weighted by Crippen LogP contribution is -2.11. The van der Waals surface area contributed by atoms with Crippen LogP contribution in [0.3, 0.4) is 0 Å². The molecule has 0 saturated carbocycles. The Balaban J connectivity index is 2.78. The second-order valence-corrected chi connectivity index (χ2v) is 3.63. The largest absolute Gasteiger partial charge is 0.363 e. The average molecular weight is 193 g/mol. The summed E-state index contributed by atoms with van der Waals surface area (Å²) in [6.07, 6.45) is 0.858. The van der Waals surface area contributed by atoms with E-state index in [-0.39, 0.29) is 6.23 Å². The van der Waals surface area contributed by atoms with E-state index in [1.54, 1.807) is 7.11 Å². The maximum Gasteiger partial charge on any atom is 0.131 e. The van der Waals surface area contributed by atoms with E-state index in [4.69, 9.17) is 10.5 Å². The molecule has 0 spiro atoms. The Bertz CT molecular complexity index is 239. The molecule has 1 aromatic carbocycles. The Morgan fingerprint density at radius 3 is 2.14 bits per heavy atom. The molecular formula is C12H19NO. The molecular weight excluding hydrogens is 174 g/mol. The molecule has 2 heteroatoms. The van der Waals surface area contributed by atoms with Gasteiger partial charge in [-0.3, -0.25) is 0 Å². The van der Waals surface area contributed by atoms with Gasteiger partial charge < -0.3 is 10.5 Å². The van der Waals surface area contributed by atoms with E-state index in [1.807, 2.05) is 12.1 Å². The summed E-state index contributed by atoms with van der Waals surface area (Å²) in [7, 11) is 1.62. The zero-order valence-electron chi connectivity index (χ0n) is 9.16. The third kappa shape index (κ3) is 2.56. The van der Waals surface area contributed by atoms with Crippen LogP contribution in [0.1, 0.15) is 43.5 Å². The Hall–Kier alpha value is -0.860. The number of rotatable bonds is 4. The molecule has 0 saturated heterocycles. The lowest BCUT2D eigenvalue weighted by Gasteiger charge is -2.12. The second kappa shape index (κ2) is 5.13. The van der Waals surface area contributed by atoms with Gasteiger partial charge in [0, 0.05) is 7.11 Å². The van der Waals surface area contributed by atoms with Crippen molar-refractivity contribution in [3.63, 3.8) is 0 Å². The first-order valence-corrected chi connectivity index (χ1v) is 5.07. The first kappa shape index (κ1) is 11.2. The minimum atomic E-state index is -0.305. The molecule has 0 radical (unpaired) electrons. The fourth-order valence-corrected chi connectivity index (χ4v) is 1.39. The number of ether oxygens (including phenoxy) is 1. The second-order valence-electron chi connectivity index (χ2n) is 3.63. The van der Waals surface area contributed by atoms with Crippen LogP contribution in [0.4, 0.5) is 0 Å². The highest BCUT2D eigenvalue weighted by atomic mass is 16.5. The number of hydrogen-bond donors (Lipinski definition) is 1. The van der Waals surface area contributed by atoms with E-state index in [2.05, 4.69) is 26.0 Å². The monoisotopic (exact) mass is 193 g/mol. The van der Waals surface area contributed by atoms with Crippen LogP contribution in [0.15, 0.2) is 24.3 Å².